The van der Waals surface area contributed by atoms with Crippen molar-refractivity contribution in [3.05, 3.63) is 20.3 Å². The van der Waals surface area contributed by atoms with E-state index in [0.717, 1.165) is 19.4 Å². The third kappa shape index (κ3) is 3.45. The lowest BCUT2D eigenvalue weighted by atomic mass is 9.82. The number of thiophene rings is 1. The van der Waals surface area contributed by atoms with E-state index in [1.807, 2.05) is 11.9 Å². The first-order chi connectivity index (χ1) is 8.45. The summed E-state index contributed by atoms with van der Waals surface area (Å²) in [5.74, 6) is 0.491. The molecule has 1 aliphatic rings. The summed E-state index contributed by atoms with van der Waals surface area (Å²) in [5, 5.41) is 9.21. The van der Waals surface area contributed by atoms with Crippen molar-refractivity contribution in [1.82, 2.24) is 4.90 Å². The number of ketones is 1. The van der Waals surface area contributed by atoms with Gasteiger partial charge in [-0.1, -0.05) is 23.2 Å². The van der Waals surface area contributed by atoms with Crippen molar-refractivity contribution >= 4 is 40.3 Å². The smallest absolute Gasteiger partial charge is 0.179 e. The lowest BCUT2D eigenvalue weighted by Gasteiger charge is -2.34. The monoisotopic (exact) mass is 307 g/mol. The second kappa shape index (κ2) is 5.88. The Morgan fingerprint density at radius 2 is 2.22 bits per heavy atom. The number of carbonyl (C=O) groups excluding carboxylic acids is 1. The molecular formula is C12H15Cl2NO2S. The molecule has 0 amide bonds. The molecule has 0 saturated heterocycles. The highest BCUT2D eigenvalue weighted by molar-refractivity contribution is 7.20. The maximum absolute atomic E-state index is 12.0. The SMILES string of the molecule is CN(CC(=O)c1cc(Cl)sc1Cl)CC1CC(O)C1. The molecule has 1 aliphatic carbocycles. The van der Waals surface area contributed by atoms with Gasteiger partial charge in [0.25, 0.3) is 0 Å². The zero-order valence-corrected chi connectivity index (χ0v) is 12.4. The Kier molecular flexibility index (Phi) is 4.67. The molecule has 1 aromatic rings. The van der Waals surface area contributed by atoms with E-state index in [2.05, 4.69) is 0 Å². The van der Waals surface area contributed by atoms with E-state index < -0.39 is 0 Å². The topological polar surface area (TPSA) is 40.5 Å². The van der Waals surface area contributed by atoms with Crippen LogP contribution in [0.25, 0.3) is 0 Å². The molecule has 1 fully saturated rings. The molecule has 1 N–H and O–H groups in total. The molecule has 0 spiro atoms. The van der Waals surface area contributed by atoms with Crippen molar-refractivity contribution in [2.45, 2.75) is 18.9 Å². The Bertz CT molecular complexity index is 443. The predicted molar refractivity (Wildman–Crippen MR) is 74.9 cm³/mol. The first kappa shape index (κ1) is 14.3. The van der Waals surface area contributed by atoms with Crippen LogP contribution < -0.4 is 0 Å². The third-order valence-corrected chi connectivity index (χ3v) is 4.64. The van der Waals surface area contributed by atoms with Gasteiger partial charge in [-0.05, 0) is 31.9 Å². The van der Waals surface area contributed by atoms with Crippen LogP contribution in [0.4, 0.5) is 0 Å². The van der Waals surface area contributed by atoms with E-state index in [1.165, 1.54) is 11.3 Å². The molecule has 100 valence electrons. The summed E-state index contributed by atoms with van der Waals surface area (Å²) < 4.78 is 0.991. The molecule has 2 rings (SSSR count). The van der Waals surface area contributed by atoms with Crippen molar-refractivity contribution in [3.8, 4) is 0 Å². The molecule has 0 aliphatic heterocycles. The van der Waals surface area contributed by atoms with E-state index in [-0.39, 0.29) is 11.9 Å². The molecule has 0 unspecified atom stereocenters. The Morgan fingerprint density at radius 3 is 2.72 bits per heavy atom. The zero-order chi connectivity index (χ0) is 13.3. The van der Waals surface area contributed by atoms with Crippen LogP contribution in [0, 0.1) is 5.92 Å². The number of nitrogens with zero attached hydrogens (tertiary/aromatic N) is 1. The molecule has 0 atom stereocenters. The number of halogens is 2. The lowest BCUT2D eigenvalue weighted by molar-refractivity contribution is 0.0286. The minimum Gasteiger partial charge on any atom is -0.393 e. The van der Waals surface area contributed by atoms with E-state index in [1.54, 1.807) is 6.07 Å². The summed E-state index contributed by atoms with van der Waals surface area (Å²) in [7, 11) is 1.91. The fourth-order valence-electron chi connectivity index (χ4n) is 2.22. The first-order valence-electron chi connectivity index (χ1n) is 5.80. The van der Waals surface area contributed by atoms with Crippen LogP contribution in [0.2, 0.25) is 8.67 Å². The number of Topliss-reactive ketones (excluding diaryl/α,β-unsaturated/α-hetero) is 1. The standard InChI is InChI=1S/C12H15Cl2NO2S/c1-15(5-7-2-8(16)3-7)6-10(17)9-4-11(13)18-12(9)14/h4,7-8,16H,2-3,5-6H2,1H3. The fourth-order valence-corrected chi connectivity index (χ4v) is 3.71. The molecule has 18 heavy (non-hydrogen) atoms. The Labute approximate surface area is 120 Å². The minimum atomic E-state index is -0.149. The number of aliphatic hydroxyl groups is 1. The normalized spacial score (nSPS) is 23.2. The largest absolute Gasteiger partial charge is 0.393 e. The van der Waals surface area contributed by atoms with Crippen molar-refractivity contribution in [2.24, 2.45) is 5.92 Å². The average Bonchev–Trinajstić information content (AvgIpc) is 2.55. The van der Waals surface area contributed by atoms with Crippen LogP contribution in [0.3, 0.4) is 0 Å². The van der Waals surface area contributed by atoms with Gasteiger partial charge in [0.1, 0.15) is 4.34 Å². The van der Waals surface area contributed by atoms with E-state index in [4.69, 9.17) is 23.2 Å². The third-order valence-electron chi connectivity index (χ3n) is 3.15. The van der Waals surface area contributed by atoms with E-state index in [9.17, 15) is 9.90 Å². The summed E-state index contributed by atoms with van der Waals surface area (Å²) >= 11 is 13.0. The van der Waals surface area contributed by atoms with Crippen LogP contribution in [-0.4, -0.2) is 42.0 Å². The highest BCUT2D eigenvalue weighted by atomic mass is 35.5. The van der Waals surface area contributed by atoms with Gasteiger partial charge in [0, 0.05) is 6.54 Å². The first-order valence-corrected chi connectivity index (χ1v) is 7.37. The molecule has 6 heteroatoms. The summed E-state index contributed by atoms with van der Waals surface area (Å²) in [6, 6.07) is 1.62. The molecular weight excluding hydrogens is 293 g/mol. The van der Waals surface area contributed by atoms with Crippen molar-refractivity contribution in [3.63, 3.8) is 0 Å². The van der Waals surface area contributed by atoms with Crippen LogP contribution in [0.15, 0.2) is 6.07 Å². The number of aliphatic hydroxyl groups excluding tert-OH is 1. The Hall–Kier alpha value is -0.130. The number of hydrogen-bond donors (Lipinski definition) is 1. The lowest BCUT2D eigenvalue weighted by Crippen LogP contribution is -2.38. The number of likely N-dealkylation sites (N-methyl/N-ethyl adjacent to an activating group) is 1. The van der Waals surface area contributed by atoms with Gasteiger partial charge >= 0.3 is 0 Å². The second-order valence-corrected chi connectivity index (χ2v) is 7.13. The van der Waals surface area contributed by atoms with Gasteiger partial charge in [-0.2, -0.15) is 0 Å². The van der Waals surface area contributed by atoms with Crippen LogP contribution in [-0.2, 0) is 0 Å². The molecule has 1 saturated carbocycles. The number of carbonyl (C=O) groups is 1. The van der Waals surface area contributed by atoms with E-state index in [0.29, 0.717) is 26.7 Å². The molecule has 1 heterocycles. The highest BCUT2D eigenvalue weighted by Crippen LogP contribution is 2.32. The maximum atomic E-state index is 12.0. The maximum Gasteiger partial charge on any atom is 0.179 e. The quantitative estimate of drug-likeness (QED) is 0.850. The minimum absolute atomic E-state index is 0.00878. The van der Waals surface area contributed by atoms with Crippen molar-refractivity contribution < 1.29 is 9.90 Å². The van der Waals surface area contributed by atoms with Gasteiger partial charge in [0.2, 0.25) is 0 Å². The zero-order valence-electron chi connectivity index (χ0n) is 10.0. The van der Waals surface area contributed by atoms with Crippen LogP contribution in [0.1, 0.15) is 23.2 Å². The van der Waals surface area contributed by atoms with Gasteiger partial charge in [0.15, 0.2) is 5.78 Å². The highest BCUT2D eigenvalue weighted by Gasteiger charge is 2.28. The fraction of sp³-hybridized carbons (Fsp3) is 0.583. The molecule has 0 bridgehead atoms. The number of rotatable bonds is 5. The van der Waals surface area contributed by atoms with Crippen LogP contribution >= 0.6 is 34.5 Å². The molecule has 0 radical (unpaired) electrons. The van der Waals surface area contributed by atoms with Crippen molar-refractivity contribution in [1.29, 1.82) is 0 Å². The molecule has 3 nitrogen and oxygen atoms in total. The molecule has 0 aromatic carbocycles. The predicted octanol–water partition coefficient (Wildman–Crippen LogP) is 2.94. The summed E-state index contributed by atoms with van der Waals surface area (Å²) in [4.78, 5) is 14.0. The van der Waals surface area contributed by atoms with Gasteiger partial charge in [-0.25, -0.2) is 0 Å². The molecule has 1 aromatic heterocycles. The van der Waals surface area contributed by atoms with Crippen LogP contribution in [0.5, 0.6) is 0 Å². The van der Waals surface area contributed by atoms with E-state index >= 15 is 0 Å². The number of hydrogen-bond acceptors (Lipinski definition) is 4. The summed E-state index contributed by atoms with van der Waals surface area (Å²) in [6.07, 6.45) is 1.52. The van der Waals surface area contributed by atoms with Gasteiger partial charge in [0.05, 0.1) is 22.5 Å². The summed E-state index contributed by atoms with van der Waals surface area (Å²) in [6.45, 7) is 1.16. The van der Waals surface area contributed by atoms with Crippen molar-refractivity contribution in [2.75, 3.05) is 20.1 Å². The summed E-state index contributed by atoms with van der Waals surface area (Å²) in [5.41, 5.74) is 0.507. The van der Waals surface area contributed by atoms with Gasteiger partial charge in [-0.15, -0.1) is 11.3 Å². The Morgan fingerprint density at radius 1 is 1.56 bits per heavy atom. The average molecular weight is 308 g/mol. The van der Waals surface area contributed by atoms with Gasteiger partial charge in [-0.3, -0.25) is 9.69 Å². The second-order valence-electron chi connectivity index (χ2n) is 4.85. The van der Waals surface area contributed by atoms with Gasteiger partial charge < -0.3 is 5.11 Å². The Balaban J connectivity index is 1.85.